The molecule has 0 N–H and O–H groups in total. The smallest absolute Gasteiger partial charge is 0 e. The molecule has 0 aliphatic carbocycles. The Morgan fingerprint density at radius 3 is 2.14 bits per heavy atom. The van der Waals surface area contributed by atoms with Crippen molar-refractivity contribution < 1.29 is 40.8 Å². The number of fused-ring (bicyclic) bond motifs is 1. The molecule has 1 heterocycles. The molecule has 1 aromatic carbocycles. The normalized spacial score (nSPS) is 7.64. The number of para-hydroxylation sites is 1. The average molecular weight is 339 g/mol. The molecule has 0 unspecified atom stereocenters. The maximum absolute atomic E-state index is 11.5. The van der Waals surface area contributed by atoms with Gasteiger partial charge < -0.3 is 9.30 Å². The summed E-state index contributed by atoms with van der Waals surface area (Å²) in [6, 6.07) is 7.72. The number of benzene rings is 1. The largest absolute Gasteiger partial charge is 0 e. The Bertz CT molecular complexity index is 613. The Morgan fingerprint density at radius 2 is 1.68 bits per heavy atom. The summed E-state index contributed by atoms with van der Waals surface area (Å²) in [5.74, 6) is 0.0802. The van der Waals surface area contributed by atoms with E-state index in [1.54, 1.807) is 14.0 Å². The second kappa shape index (κ2) is 15.5. The number of ketones is 1. The molecule has 1 aromatic heterocycles. The summed E-state index contributed by atoms with van der Waals surface area (Å²) in [6.07, 6.45) is 1.93. The first-order chi connectivity index (χ1) is 10.2. The second-order valence-electron chi connectivity index (χ2n) is 3.50. The molecule has 0 saturated heterocycles. The Hall–Kier alpha value is -1.86. The molecule has 0 spiro atoms. The van der Waals surface area contributed by atoms with Crippen LogP contribution in [0.1, 0.15) is 17.3 Å². The summed E-state index contributed by atoms with van der Waals surface area (Å²) >= 11 is 0. The van der Waals surface area contributed by atoms with Crippen LogP contribution < -0.4 is 0 Å². The van der Waals surface area contributed by atoms with Crippen molar-refractivity contribution in [2.24, 2.45) is 0 Å². The number of carbonyl (C=O) groups excluding carboxylic acids is 1. The maximum atomic E-state index is 11.5. The molecule has 0 amide bonds. The van der Waals surface area contributed by atoms with E-state index in [1.807, 2.05) is 35.0 Å². The first-order valence-corrected chi connectivity index (χ1v) is 5.43. The number of aromatic nitrogens is 1. The van der Waals surface area contributed by atoms with E-state index >= 15 is 0 Å². The first-order valence-electron chi connectivity index (χ1n) is 5.43. The number of hydrogen-bond acceptors (Lipinski definition) is 2. The topological polar surface area (TPSA) is 90.9 Å². The fourth-order valence-electron chi connectivity index (χ4n) is 1.79. The van der Waals surface area contributed by atoms with Crippen LogP contribution in [0.25, 0.3) is 10.9 Å². The molecule has 2 rings (SSSR count). The molecular formula is C15H13CrNO5. The zero-order valence-electron chi connectivity index (χ0n) is 12.0. The SMILES string of the molecule is COCn1ccc2cccc(C(C)=O)c21.[C-]#[O+].[C-]#[O+].[C-]#[O+].[Cr]. The molecule has 0 aliphatic rings. The van der Waals surface area contributed by atoms with Gasteiger partial charge in [-0.3, -0.25) is 4.79 Å². The van der Waals surface area contributed by atoms with Crippen molar-refractivity contribution in [1.82, 2.24) is 4.57 Å². The van der Waals surface area contributed by atoms with Crippen LogP contribution in [-0.4, -0.2) is 17.5 Å². The first kappa shape index (κ1) is 25.1. The van der Waals surface area contributed by atoms with Crippen molar-refractivity contribution in [3.8, 4) is 0 Å². The standard InChI is InChI=1S/C12H13NO2.3CO.Cr/c1-9(14)11-5-3-4-10-6-7-13(8-15-2)12(10)11;3*1-2;/h3-7H,8H2,1-2H3;;;;. The monoisotopic (exact) mass is 339 g/mol. The zero-order chi connectivity index (χ0) is 16.8. The summed E-state index contributed by atoms with van der Waals surface area (Å²) in [7, 11) is 1.64. The molecule has 0 aliphatic heterocycles. The van der Waals surface area contributed by atoms with Gasteiger partial charge in [0, 0.05) is 41.6 Å². The summed E-state index contributed by atoms with van der Waals surface area (Å²) < 4.78 is 29.5. The Kier molecular flexibility index (Phi) is 17.7. The number of Topliss-reactive ketones (excluding diaryl/α,β-unsaturated/α-hetero) is 1. The van der Waals surface area contributed by atoms with E-state index in [2.05, 4.69) is 20.0 Å². The molecule has 0 atom stereocenters. The van der Waals surface area contributed by atoms with Gasteiger partial charge in [-0.1, -0.05) is 12.1 Å². The van der Waals surface area contributed by atoms with Gasteiger partial charge in [0.15, 0.2) is 5.78 Å². The fourth-order valence-corrected chi connectivity index (χ4v) is 1.79. The number of rotatable bonds is 3. The molecule has 0 fully saturated rings. The predicted molar refractivity (Wildman–Crippen MR) is 70.7 cm³/mol. The Balaban J connectivity index is -0.000000463. The van der Waals surface area contributed by atoms with Crippen LogP contribution in [-0.2, 0) is 42.8 Å². The molecule has 7 heteroatoms. The number of nitrogens with zero attached hydrogens (tertiary/aromatic N) is 1. The van der Waals surface area contributed by atoms with Gasteiger partial charge in [0.1, 0.15) is 6.73 Å². The van der Waals surface area contributed by atoms with Gasteiger partial charge in [0.05, 0.1) is 5.52 Å². The Labute approximate surface area is 139 Å². The Morgan fingerprint density at radius 1 is 1.14 bits per heavy atom. The molecule has 0 radical (unpaired) electrons. The van der Waals surface area contributed by atoms with Gasteiger partial charge in [0.2, 0.25) is 0 Å². The van der Waals surface area contributed by atoms with E-state index in [-0.39, 0.29) is 23.1 Å². The molecular weight excluding hydrogens is 326 g/mol. The minimum absolute atomic E-state index is 0. The van der Waals surface area contributed by atoms with E-state index in [4.69, 9.17) is 18.7 Å². The van der Waals surface area contributed by atoms with E-state index in [0.29, 0.717) is 6.73 Å². The van der Waals surface area contributed by atoms with E-state index in [0.717, 1.165) is 16.5 Å². The number of carbonyl (C=O) groups is 1. The van der Waals surface area contributed by atoms with Crippen LogP contribution >= 0.6 is 0 Å². The minimum atomic E-state index is 0. The molecule has 6 nitrogen and oxygen atoms in total. The third-order valence-electron chi connectivity index (χ3n) is 2.44. The van der Waals surface area contributed by atoms with Gasteiger partial charge >= 0.3 is 33.9 Å². The third-order valence-corrected chi connectivity index (χ3v) is 2.44. The van der Waals surface area contributed by atoms with E-state index in [9.17, 15) is 4.79 Å². The van der Waals surface area contributed by atoms with Crippen LogP contribution in [0, 0.1) is 20.0 Å². The van der Waals surface area contributed by atoms with Crippen molar-refractivity contribution >= 4 is 16.7 Å². The van der Waals surface area contributed by atoms with Gasteiger partial charge in [0.25, 0.3) is 0 Å². The third kappa shape index (κ3) is 6.73. The quantitative estimate of drug-likeness (QED) is 0.488. The summed E-state index contributed by atoms with van der Waals surface area (Å²) in [6.45, 7) is 15.5. The van der Waals surface area contributed by atoms with Crippen molar-refractivity contribution in [3.05, 3.63) is 56.0 Å². The van der Waals surface area contributed by atoms with Crippen molar-refractivity contribution in [1.29, 1.82) is 0 Å². The number of ether oxygens (including phenoxy) is 1. The molecule has 22 heavy (non-hydrogen) atoms. The van der Waals surface area contributed by atoms with E-state index in [1.165, 1.54) is 0 Å². The number of methoxy groups -OCH3 is 1. The maximum Gasteiger partial charge on any atom is 0 e. The number of hydrogen-bond donors (Lipinski definition) is 0. The molecule has 0 saturated carbocycles. The second-order valence-corrected chi connectivity index (χ2v) is 3.50. The summed E-state index contributed by atoms with van der Waals surface area (Å²) in [5, 5.41) is 1.07. The predicted octanol–water partition coefficient (Wildman–Crippen LogP) is 2.33. The van der Waals surface area contributed by atoms with Gasteiger partial charge in [-0.2, -0.15) is 0 Å². The van der Waals surface area contributed by atoms with Crippen LogP contribution in [0.5, 0.6) is 0 Å². The van der Waals surface area contributed by atoms with Crippen molar-refractivity contribution in [3.63, 3.8) is 0 Å². The molecule has 114 valence electrons. The van der Waals surface area contributed by atoms with Crippen molar-refractivity contribution in [2.45, 2.75) is 13.7 Å². The van der Waals surface area contributed by atoms with Crippen LogP contribution in [0.15, 0.2) is 30.5 Å². The van der Waals surface area contributed by atoms with Crippen LogP contribution in [0.2, 0.25) is 0 Å². The zero-order valence-corrected chi connectivity index (χ0v) is 13.3. The minimum Gasteiger partial charge on any atom is 0 e. The van der Waals surface area contributed by atoms with E-state index < -0.39 is 0 Å². The fraction of sp³-hybridized carbons (Fsp3) is 0.200. The van der Waals surface area contributed by atoms with Gasteiger partial charge in [-0.05, 0) is 19.1 Å². The average Bonchev–Trinajstić information content (AvgIpc) is 2.97. The molecule has 0 bridgehead atoms. The van der Waals surface area contributed by atoms with Gasteiger partial charge in [-0.15, -0.1) is 0 Å². The van der Waals surface area contributed by atoms with Crippen molar-refractivity contribution in [2.75, 3.05) is 7.11 Å². The summed E-state index contributed by atoms with van der Waals surface area (Å²) in [5.41, 5.74) is 1.70. The van der Waals surface area contributed by atoms with Gasteiger partial charge in [-0.25, -0.2) is 0 Å². The van der Waals surface area contributed by atoms with Crippen LogP contribution in [0.4, 0.5) is 0 Å². The summed E-state index contributed by atoms with van der Waals surface area (Å²) in [4.78, 5) is 11.5. The molecule has 2 aromatic rings. The van der Waals surface area contributed by atoms with Crippen LogP contribution in [0.3, 0.4) is 0 Å².